The predicted molar refractivity (Wildman–Crippen MR) is 61.3 cm³/mol. The van der Waals surface area contributed by atoms with Crippen LogP contribution in [0.2, 0.25) is 0 Å². The molecule has 1 aliphatic carbocycles. The van der Waals surface area contributed by atoms with Crippen molar-refractivity contribution in [1.29, 1.82) is 0 Å². The normalized spacial score (nSPS) is 23.4. The zero-order valence-corrected chi connectivity index (χ0v) is 9.89. The number of unbranched alkanes of at least 4 members (excludes halogenated alkanes) is 2. The fraction of sp³-hybridized carbons (Fsp3) is 1.00. The van der Waals surface area contributed by atoms with Crippen molar-refractivity contribution in [3.8, 4) is 0 Å². The van der Waals surface area contributed by atoms with E-state index in [1.807, 2.05) is 0 Å². The third-order valence-corrected chi connectivity index (χ3v) is 3.88. The quantitative estimate of drug-likeness (QED) is 0.664. The molecule has 1 nitrogen and oxygen atoms in total. The summed E-state index contributed by atoms with van der Waals surface area (Å²) in [6.45, 7) is 4.47. The van der Waals surface area contributed by atoms with Crippen molar-refractivity contribution in [3.05, 3.63) is 0 Å². The van der Waals surface area contributed by atoms with Crippen molar-refractivity contribution >= 4 is 0 Å². The van der Waals surface area contributed by atoms with Crippen LogP contribution in [-0.4, -0.2) is 10.7 Å². The monoisotopic (exact) mass is 198 g/mol. The Kier molecular flexibility index (Phi) is 4.94. The second-order valence-corrected chi connectivity index (χ2v) is 5.06. The van der Waals surface area contributed by atoms with Crippen molar-refractivity contribution in [1.82, 2.24) is 0 Å². The average molecular weight is 198 g/mol. The third kappa shape index (κ3) is 3.27. The molecule has 1 unspecified atom stereocenters. The Bertz CT molecular complexity index is 147. The van der Waals surface area contributed by atoms with Gasteiger partial charge in [-0.3, -0.25) is 0 Å². The highest BCUT2D eigenvalue weighted by molar-refractivity contribution is 4.86. The Morgan fingerprint density at radius 3 is 2.36 bits per heavy atom. The van der Waals surface area contributed by atoms with Gasteiger partial charge in [0, 0.05) is 0 Å². The van der Waals surface area contributed by atoms with Gasteiger partial charge in [0.05, 0.1) is 5.60 Å². The van der Waals surface area contributed by atoms with Crippen molar-refractivity contribution in [2.24, 2.45) is 5.92 Å². The Balaban J connectivity index is 2.29. The van der Waals surface area contributed by atoms with Crippen LogP contribution >= 0.6 is 0 Å². The molecule has 0 radical (unpaired) electrons. The van der Waals surface area contributed by atoms with Gasteiger partial charge in [0.1, 0.15) is 0 Å². The van der Waals surface area contributed by atoms with Crippen molar-refractivity contribution in [2.75, 3.05) is 0 Å². The zero-order chi connectivity index (χ0) is 10.4. The first-order chi connectivity index (χ1) is 6.69. The summed E-state index contributed by atoms with van der Waals surface area (Å²) in [6, 6.07) is 0. The molecule has 1 rings (SSSR count). The van der Waals surface area contributed by atoms with E-state index in [1.54, 1.807) is 0 Å². The second kappa shape index (κ2) is 5.75. The lowest BCUT2D eigenvalue weighted by Gasteiger charge is -2.37. The van der Waals surface area contributed by atoms with E-state index in [-0.39, 0.29) is 5.60 Å². The average Bonchev–Trinajstić information content (AvgIpc) is 2.19. The van der Waals surface area contributed by atoms with Crippen LogP contribution in [0, 0.1) is 5.92 Å². The molecule has 1 heteroatoms. The number of hydrogen-bond donors (Lipinski definition) is 1. The SMILES string of the molecule is CCCCCC(C)C1(O)CCCCC1. The second-order valence-electron chi connectivity index (χ2n) is 5.06. The Hall–Kier alpha value is -0.0400. The molecule has 14 heavy (non-hydrogen) atoms. The van der Waals surface area contributed by atoms with Crippen molar-refractivity contribution in [2.45, 2.75) is 77.2 Å². The molecule has 0 spiro atoms. The summed E-state index contributed by atoms with van der Waals surface area (Å²) in [4.78, 5) is 0. The predicted octanol–water partition coefficient (Wildman–Crippen LogP) is 3.90. The van der Waals surface area contributed by atoms with Gasteiger partial charge in [-0.2, -0.15) is 0 Å². The third-order valence-electron chi connectivity index (χ3n) is 3.88. The number of aliphatic hydroxyl groups is 1. The first-order valence-corrected chi connectivity index (χ1v) is 6.41. The standard InChI is InChI=1S/C13H26O/c1-3-4-6-9-12(2)13(14)10-7-5-8-11-13/h12,14H,3-11H2,1-2H3. The maximum atomic E-state index is 10.4. The summed E-state index contributed by atoms with van der Waals surface area (Å²) in [5, 5.41) is 10.4. The van der Waals surface area contributed by atoms with E-state index in [9.17, 15) is 5.11 Å². The van der Waals surface area contributed by atoms with Crippen LogP contribution in [0.5, 0.6) is 0 Å². The first kappa shape index (κ1) is 12.0. The smallest absolute Gasteiger partial charge is 0.0673 e. The topological polar surface area (TPSA) is 20.2 Å². The van der Waals surface area contributed by atoms with Crippen molar-refractivity contribution < 1.29 is 5.11 Å². The highest BCUT2D eigenvalue weighted by Gasteiger charge is 2.34. The molecule has 1 atom stereocenters. The fourth-order valence-corrected chi connectivity index (χ4v) is 2.63. The van der Waals surface area contributed by atoms with E-state index in [1.165, 1.54) is 44.9 Å². The lowest BCUT2D eigenvalue weighted by molar-refractivity contribution is -0.0463. The molecular weight excluding hydrogens is 172 g/mol. The van der Waals surface area contributed by atoms with Gasteiger partial charge in [0.2, 0.25) is 0 Å². The van der Waals surface area contributed by atoms with Gasteiger partial charge in [-0.1, -0.05) is 52.4 Å². The summed E-state index contributed by atoms with van der Waals surface area (Å²) in [5.74, 6) is 0.509. The van der Waals surface area contributed by atoms with E-state index in [0.29, 0.717) is 5.92 Å². The maximum absolute atomic E-state index is 10.4. The zero-order valence-electron chi connectivity index (χ0n) is 9.89. The summed E-state index contributed by atoms with van der Waals surface area (Å²) in [7, 11) is 0. The summed E-state index contributed by atoms with van der Waals surface area (Å²) >= 11 is 0. The molecule has 0 amide bonds. The van der Waals surface area contributed by atoms with Gasteiger partial charge in [0.25, 0.3) is 0 Å². The lowest BCUT2D eigenvalue weighted by Crippen LogP contribution is -2.38. The summed E-state index contributed by atoms with van der Waals surface area (Å²) in [6.07, 6.45) is 11.0. The van der Waals surface area contributed by atoms with Crippen LogP contribution in [0.15, 0.2) is 0 Å². The minimum atomic E-state index is -0.314. The van der Waals surface area contributed by atoms with Gasteiger partial charge < -0.3 is 5.11 Å². The Morgan fingerprint density at radius 1 is 1.14 bits per heavy atom. The van der Waals surface area contributed by atoms with Gasteiger partial charge in [-0.05, 0) is 25.2 Å². The fourth-order valence-electron chi connectivity index (χ4n) is 2.63. The number of rotatable bonds is 5. The summed E-state index contributed by atoms with van der Waals surface area (Å²) < 4.78 is 0. The molecule has 0 saturated heterocycles. The van der Waals surface area contributed by atoms with Gasteiger partial charge in [-0.15, -0.1) is 0 Å². The molecule has 1 saturated carbocycles. The van der Waals surface area contributed by atoms with Crippen LogP contribution < -0.4 is 0 Å². The molecule has 0 heterocycles. The van der Waals surface area contributed by atoms with E-state index in [2.05, 4.69) is 13.8 Å². The molecule has 1 aliphatic rings. The molecular formula is C13H26O. The molecule has 1 fully saturated rings. The Morgan fingerprint density at radius 2 is 1.79 bits per heavy atom. The molecule has 0 aromatic heterocycles. The van der Waals surface area contributed by atoms with Crippen LogP contribution in [0.25, 0.3) is 0 Å². The highest BCUT2D eigenvalue weighted by Crippen LogP contribution is 2.36. The van der Waals surface area contributed by atoms with Crippen LogP contribution in [0.3, 0.4) is 0 Å². The van der Waals surface area contributed by atoms with E-state index in [4.69, 9.17) is 0 Å². The van der Waals surface area contributed by atoms with Gasteiger partial charge in [0.15, 0.2) is 0 Å². The minimum absolute atomic E-state index is 0.314. The first-order valence-electron chi connectivity index (χ1n) is 6.41. The molecule has 1 N–H and O–H groups in total. The van der Waals surface area contributed by atoms with E-state index < -0.39 is 0 Å². The maximum Gasteiger partial charge on any atom is 0.0673 e. The molecule has 0 bridgehead atoms. The Labute approximate surface area is 88.9 Å². The molecule has 0 aromatic carbocycles. The lowest BCUT2D eigenvalue weighted by atomic mass is 9.74. The van der Waals surface area contributed by atoms with Gasteiger partial charge >= 0.3 is 0 Å². The van der Waals surface area contributed by atoms with Crippen LogP contribution in [-0.2, 0) is 0 Å². The molecule has 84 valence electrons. The van der Waals surface area contributed by atoms with Crippen LogP contribution in [0.1, 0.15) is 71.6 Å². The van der Waals surface area contributed by atoms with Crippen molar-refractivity contribution in [3.63, 3.8) is 0 Å². The van der Waals surface area contributed by atoms with E-state index >= 15 is 0 Å². The number of hydrogen-bond acceptors (Lipinski definition) is 1. The molecule has 0 aliphatic heterocycles. The highest BCUT2D eigenvalue weighted by atomic mass is 16.3. The largest absolute Gasteiger partial charge is 0.390 e. The molecule has 0 aromatic rings. The minimum Gasteiger partial charge on any atom is -0.390 e. The van der Waals surface area contributed by atoms with E-state index in [0.717, 1.165) is 12.8 Å². The van der Waals surface area contributed by atoms with Gasteiger partial charge in [-0.25, -0.2) is 0 Å². The van der Waals surface area contributed by atoms with Crippen LogP contribution in [0.4, 0.5) is 0 Å². The summed E-state index contributed by atoms with van der Waals surface area (Å²) in [5.41, 5.74) is -0.314.